The zero-order chi connectivity index (χ0) is 7.16. The highest BCUT2D eigenvalue weighted by atomic mass is 16.1. The summed E-state index contributed by atoms with van der Waals surface area (Å²) < 4.78 is 0. The molecule has 0 spiro atoms. The number of hydrogen-bond donors (Lipinski definition) is 0. The highest BCUT2D eigenvalue weighted by Crippen LogP contribution is 2.73. The minimum Gasteiger partial charge on any atom is -0.298 e. The van der Waals surface area contributed by atoms with E-state index in [2.05, 4.69) is 12.2 Å². The fourth-order valence-electron chi connectivity index (χ4n) is 3.84. The van der Waals surface area contributed by atoms with Crippen LogP contribution in [0.4, 0.5) is 0 Å². The van der Waals surface area contributed by atoms with Gasteiger partial charge in [-0.25, -0.2) is 0 Å². The molecule has 0 saturated heterocycles. The SMILES string of the molecule is O=C1C2C=CC1C1C3CC3C21. The molecule has 4 aliphatic rings. The first-order chi connectivity index (χ1) is 5.38. The van der Waals surface area contributed by atoms with Gasteiger partial charge in [0.05, 0.1) is 0 Å². The summed E-state index contributed by atoms with van der Waals surface area (Å²) in [4.78, 5) is 11.5. The zero-order valence-electron chi connectivity index (χ0n) is 6.23. The van der Waals surface area contributed by atoms with E-state index in [1.165, 1.54) is 6.42 Å². The first kappa shape index (κ1) is 5.13. The number of ketones is 1. The minimum absolute atomic E-state index is 0.369. The minimum atomic E-state index is 0.369. The molecule has 0 N–H and O–H groups in total. The molecule has 2 bridgehead atoms. The van der Waals surface area contributed by atoms with Gasteiger partial charge in [0, 0.05) is 11.8 Å². The highest BCUT2D eigenvalue weighted by Gasteiger charge is 2.71. The van der Waals surface area contributed by atoms with E-state index in [4.69, 9.17) is 0 Å². The Morgan fingerprint density at radius 1 is 1.09 bits per heavy atom. The average Bonchev–Trinajstić information content (AvgIpc) is 2.53. The molecule has 0 radical (unpaired) electrons. The third-order valence-corrected chi connectivity index (χ3v) is 4.34. The largest absolute Gasteiger partial charge is 0.298 e. The molecule has 0 aromatic heterocycles. The van der Waals surface area contributed by atoms with Crippen molar-refractivity contribution < 1.29 is 4.79 Å². The van der Waals surface area contributed by atoms with Crippen LogP contribution in [0, 0.1) is 35.5 Å². The van der Waals surface area contributed by atoms with Gasteiger partial charge in [-0.3, -0.25) is 4.79 Å². The molecule has 0 amide bonds. The van der Waals surface area contributed by atoms with Gasteiger partial charge in [-0.1, -0.05) is 12.2 Å². The summed E-state index contributed by atoms with van der Waals surface area (Å²) in [6.45, 7) is 0. The van der Waals surface area contributed by atoms with Crippen LogP contribution in [-0.4, -0.2) is 5.78 Å². The predicted octanol–water partition coefficient (Wildman–Crippen LogP) is 1.25. The average molecular weight is 146 g/mol. The van der Waals surface area contributed by atoms with E-state index in [1.807, 2.05) is 0 Å². The van der Waals surface area contributed by atoms with E-state index < -0.39 is 0 Å². The second kappa shape index (κ2) is 1.21. The van der Waals surface area contributed by atoms with Gasteiger partial charge in [-0.05, 0) is 30.1 Å². The summed E-state index contributed by atoms with van der Waals surface area (Å²) in [5.41, 5.74) is 0. The van der Waals surface area contributed by atoms with Crippen LogP contribution in [0.15, 0.2) is 12.2 Å². The topological polar surface area (TPSA) is 17.1 Å². The Kier molecular flexibility index (Phi) is 0.566. The smallest absolute Gasteiger partial charge is 0.147 e. The second-order valence-electron chi connectivity index (χ2n) is 4.56. The maximum absolute atomic E-state index is 11.5. The lowest BCUT2D eigenvalue weighted by atomic mass is 9.68. The van der Waals surface area contributed by atoms with Crippen molar-refractivity contribution in [3.63, 3.8) is 0 Å². The Hall–Kier alpha value is -0.590. The van der Waals surface area contributed by atoms with Crippen LogP contribution in [0.1, 0.15) is 6.42 Å². The molecule has 6 unspecified atom stereocenters. The van der Waals surface area contributed by atoms with Crippen molar-refractivity contribution >= 4 is 5.78 Å². The van der Waals surface area contributed by atoms with Gasteiger partial charge in [-0.15, -0.1) is 0 Å². The summed E-state index contributed by atoms with van der Waals surface area (Å²) in [7, 11) is 0. The Morgan fingerprint density at radius 3 is 2.18 bits per heavy atom. The molecule has 0 aromatic carbocycles. The predicted molar refractivity (Wildman–Crippen MR) is 39.7 cm³/mol. The number of hydrogen-bond acceptors (Lipinski definition) is 1. The first-order valence-corrected chi connectivity index (χ1v) is 4.60. The monoisotopic (exact) mass is 146 g/mol. The molecule has 3 saturated carbocycles. The van der Waals surface area contributed by atoms with Crippen molar-refractivity contribution in [2.75, 3.05) is 0 Å². The number of carbonyl (C=O) groups excluding carboxylic acids is 1. The lowest BCUT2D eigenvalue weighted by Gasteiger charge is -2.35. The molecule has 6 atom stereocenters. The molecule has 1 heteroatoms. The number of Topliss-reactive ketones (excluding diaryl/α,β-unsaturated/α-hetero) is 1. The normalized spacial score (nSPS) is 67.5. The van der Waals surface area contributed by atoms with E-state index in [0.29, 0.717) is 17.6 Å². The number of allylic oxidation sites excluding steroid dienone is 2. The summed E-state index contributed by atoms with van der Waals surface area (Å²) in [6.07, 6.45) is 5.78. The number of rotatable bonds is 0. The molecule has 11 heavy (non-hydrogen) atoms. The number of fused-ring (bicyclic) bond motifs is 8. The zero-order valence-corrected chi connectivity index (χ0v) is 6.23. The van der Waals surface area contributed by atoms with Crippen molar-refractivity contribution in [1.29, 1.82) is 0 Å². The molecule has 3 fully saturated rings. The molecule has 1 nitrogen and oxygen atoms in total. The van der Waals surface area contributed by atoms with Gasteiger partial charge in [0.15, 0.2) is 0 Å². The van der Waals surface area contributed by atoms with Crippen molar-refractivity contribution in [2.24, 2.45) is 35.5 Å². The van der Waals surface area contributed by atoms with Crippen molar-refractivity contribution in [3.8, 4) is 0 Å². The molecule has 0 aliphatic heterocycles. The highest BCUT2D eigenvalue weighted by molar-refractivity contribution is 5.93. The standard InChI is InChI=1S/C10H10O/c11-10-4-1-2-5(10)9-7-3-6(7)8(4)9/h1-2,4-9H,3H2. The Labute approximate surface area is 65.5 Å². The van der Waals surface area contributed by atoms with Crippen molar-refractivity contribution in [2.45, 2.75) is 6.42 Å². The Bertz CT molecular complexity index is 265. The van der Waals surface area contributed by atoms with Gasteiger partial charge in [0.1, 0.15) is 5.78 Å². The summed E-state index contributed by atoms with van der Waals surface area (Å²) in [5.74, 6) is 4.85. The summed E-state index contributed by atoms with van der Waals surface area (Å²) in [6, 6.07) is 0. The number of carbonyl (C=O) groups is 1. The van der Waals surface area contributed by atoms with Crippen LogP contribution < -0.4 is 0 Å². The lowest BCUT2D eigenvalue weighted by Crippen LogP contribution is -2.32. The maximum atomic E-state index is 11.5. The quantitative estimate of drug-likeness (QED) is 0.470. The van der Waals surface area contributed by atoms with E-state index >= 15 is 0 Å². The summed E-state index contributed by atoms with van der Waals surface area (Å²) in [5, 5.41) is 0. The Morgan fingerprint density at radius 2 is 1.64 bits per heavy atom. The second-order valence-corrected chi connectivity index (χ2v) is 4.56. The molecule has 4 aliphatic carbocycles. The first-order valence-electron chi connectivity index (χ1n) is 4.60. The van der Waals surface area contributed by atoms with Crippen molar-refractivity contribution in [1.82, 2.24) is 0 Å². The molecule has 4 rings (SSSR count). The van der Waals surface area contributed by atoms with Gasteiger partial charge in [0.2, 0.25) is 0 Å². The van der Waals surface area contributed by atoms with Gasteiger partial charge < -0.3 is 0 Å². The van der Waals surface area contributed by atoms with Crippen LogP contribution >= 0.6 is 0 Å². The van der Waals surface area contributed by atoms with Crippen LogP contribution in [0.5, 0.6) is 0 Å². The van der Waals surface area contributed by atoms with Crippen LogP contribution in [0.2, 0.25) is 0 Å². The molecule has 56 valence electrons. The van der Waals surface area contributed by atoms with Gasteiger partial charge in [-0.2, -0.15) is 0 Å². The van der Waals surface area contributed by atoms with Crippen molar-refractivity contribution in [3.05, 3.63) is 12.2 Å². The third-order valence-electron chi connectivity index (χ3n) is 4.34. The third kappa shape index (κ3) is 0.350. The molecular weight excluding hydrogens is 136 g/mol. The lowest BCUT2D eigenvalue weighted by molar-refractivity contribution is -0.121. The fourth-order valence-corrected chi connectivity index (χ4v) is 3.84. The van der Waals surface area contributed by atoms with Crippen LogP contribution in [-0.2, 0) is 4.79 Å². The molecular formula is C10H10O. The molecule has 0 aromatic rings. The van der Waals surface area contributed by atoms with Gasteiger partial charge >= 0.3 is 0 Å². The van der Waals surface area contributed by atoms with E-state index in [9.17, 15) is 4.79 Å². The van der Waals surface area contributed by atoms with Crippen LogP contribution in [0.25, 0.3) is 0 Å². The Balaban J connectivity index is 1.90. The van der Waals surface area contributed by atoms with Crippen LogP contribution in [0.3, 0.4) is 0 Å². The fraction of sp³-hybridized carbons (Fsp3) is 0.700. The van der Waals surface area contributed by atoms with E-state index in [1.54, 1.807) is 0 Å². The summed E-state index contributed by atoms with van der Waals surface area (Å²) >= 11 is 0. The van der Waals surface area contributed by atoms with E-state index in [0.717, 1.165) is 23.7 Å². The maximum Gasteiger partial charge on any atom is 0.147 e. The van der Waals surface area contributed by atoms with Gasteiger partial charge in [0.25, 0.3) is 0 Å². The molecule has 0 heterocycles. The van der Waals surface area contributed by atoms with E-state index in [-0.39, 0.29) is 0 Å².